The molecule has 3 rings (SSSR count). The Labute approximate surface area is 166 Å². The molecular formula is C21H19N3O5. The molecule has 148 valence electrons. The summed E-state index contributed by atoms with van der Waals surface area (Å²) in [6.45, 7) is 0.182. The number of phenolic OH excluding ortho intramolecular Hbond substituents is 1. The van der Waals surface area contributed by atoms with Crippen molar-refractivity contribution < 1.29 is 23.8 Å². The Balaban J connectivity index is 1.43. The van der Waals surface area contributed by atoms with Crippen molar-refractivity contribution >= 4 is 18.0 Å². The molecule has 0 aliphatic heterocycles. The fraction of sp³-hybridized carbons (Fsp3) is 0.0952. The quantitative estimate of drug-likeness (QED) is 0.402. The molecule has 2 amide bonds. The van der Waals surface area contributed by atoms with Gasteiger partial charge in [0.15, 0.2) is 6.61 Å². The van der Waals surface area contributed by atoms with Crippen LogP contribution in [0.25, 0.3) is 0 Å². The number of carbonyl (C=O) groups is 2. The van der Waals surface area contributed by atoms with Gasteiger partial charge in [0, 0.05) is 0 Å². The summed E-state index contributed by atoms with van der Waals surface area (Å²) in [6, 6.07) is 16.5. The van der Waals surface area contributed by atoms with Crippen molar-refractivity contribution in [3.8, 4) is 11.5 Å². The summed E-state index contributed by atoms with van der Waals surface area (Å²) < 4.78 is 10.6. The van der Waals surface area contributed by atoms with Crippen molar-refractivity contribution in [2.24, 2.45) is 5.10 Å². The normalized spacial score (nSPS) is 10.6. The molecule has 29 heavy (non-hydrogen) atoms. The number of aromatic hydroxyl groups is 1. The maximum atomic E-state index is 11.9. The fourth-order valence-electron chi connectivity index (χ4n) is 2.34. The number of rotatable bonds is 8. The molecule has 0 bridgehead atoms. The molecule has 0 spiro atoms. The molecule has 0 saturated carbocycles. The predicted octanol–water partition coefficient (Wildman–Crippen LogP) is 2.44. The van der Waals surface area contributed by atoms with Gasteiger partial charge in [-0.2, -0.15) is 5.10 Å². The molecule has 8 heteroatoms. The fourth-order valence-corrected chi connectivity index (χ4v) is 2.34. The molecule has 0 aliphatic carbocycles. The highest BCUT2D eigenvalue weighted by atomic mass is 16.5. The van der Waals surface area contributed by atoms with Crippen molar-refractivity contribution in [2.75, 3.05) is 6.61 Å². The number of carbonyl (C=O) groups excluding carboxylic acids is 2. The van der Waals surface area contributed by atoms with Gasteiger partial charge in [-0.3, -0.25) is 9.59 Å². The molecule has 0 fully saturated rings. The second-order valence-electron chi connectivity index (χ2n) is 5.93. The van der Waals surface area contributed by atoms with Crippen LogP contribution in [0.3, 0.4) is 0 Å². The van der Waals surface area contributed by atoms with Crippen LogP contribution in [0.1, 0.15) is 21.7 Å². The number of ether oxygens (including phenoxy) is 1. The second kappa shape index (κ2) is 9.75. The third-order valence-corrected chi connectivity index (χ3v) is 3.82. The van der Waals surface area contributed by atoms with E-state index in [2.05, 4.69) is 15.8 Å². The molecule has 0 aliphatic rings. The summed E-state index contributed by atoms with van der Waals surface area (Å²) >= 11 is 0. The van der Waals surface area contributed by atoms with Crippen LogP contribution in [-0.4, -0.2) is 29.7 Å². The van der Waals surface area contributed by atoms with E-state index >= 15 is 0 Å². The van der Waals surface area contributed by atoms with Crippen molar-refractivity contribution in [3.63, 3.8) is 0 Å². The average Bonchev–Trinajstić information content (AvgIpc) is 3.25. The molecule has 0 radical (unpaired) electrons. The first-order chi connectivity index (χ1) is 14.1. The van der Waals surface area contributed by atoms with Crippen molar-refractivity contribution in [1.82, 2.24) is 10.7 Å². The third-order valence-electron chi connectivity index (χ3n) is 3.82. The highest BCUT2D eigenvalue weighted by Crippen LogP contribution is 2.15. The van der Waals surface area contributed by atoms with Gasteiger partial charge in [0.2, 0.25) is 0 Å². The number of amides is 2. The van der Waals surface area contributed by atoms with E-state index in [0.717, 1.165) is 5.56 Å². The highest BCUT2D eigenvalue weighted by molar-refractivity contribution is 5.97. The molecule has 8 nitrogen and oxygen atoms in total. The van der Waals surface area contributed by atoms with E-state index in [0.29, 0.717) is 18.1 Å². The summed E-state index contributed by atoms with van der Waals surface area (Å²) in [5, 5.41) is 16.2. The molecule has 0 unspecified atom stereocenters. The van der Waals surface area contributed by atoms with Crippen LogP contribution in [0.4, 0.5) is 0 Å². The minimum atomic E-state index is -0.514. The number of para-hydroxylation sites is 1. The Morgan fingerprint density at radius 3 is 2.59 bits per heavy atom. The molecule has 2 aromatic carbocycles. The SMILES string of the molecule is O=C(COc1ccc(C=NNC(=O)c2ccccc2O)cc1)NCc1ccco1. The minimum absolute atomic E-state index is 0.116. The summed E-state index contributed by atoms with van der Waals surface area (Å²) in [5.41, 5.74) is 3.20. The van der Waals surface area contributed by atoms with Gasteiger partial charge >= 0.3 is 0 Å². The van der Waals surface area contributed by atoms with Crippen LogP contribution in [-0.2, 0) is 11.3 Å². The predicted molar refractivity (Wildman–Crippen MR) is 106 cm³/mol. The van der Waals surface area contributed by atoms with Crippen LogP contribution < -0.4 is 15.5 Å². The maximum Gasteiger partial charge on any atom is 0.275 e. The number of nitrogens with zero attached hydrogens (tertiary/aromatic N) is 1. The lowest BCUT2D eigenvalue weighted by molar-refractivity contribution is -0.123. The molecule has 1 aromatic heterocycles. The van der Waals surface area contributed by atoms with Crippen LogP contribution >= 0.6 is 0 Å². The van der Waals surface area contributed by atoms with Crippen LogP contribution in [0.2, 0.25) is 0 Å². The zero-order valence-electron chi connectivity index (χ0n) is 15.4. The Hall–Kier alpha value is -4.07. The number of hydrazone groups is 1. The summed E-state index contributed by atoms with van der Waals surface area (Å²) in [6.07, 6.45) is 3.00. The van der Waals surface area contributed by atoms with E-state index in [-0.39, 0.29) is 23.8 Å². The van der Waals surface area contributed by atoms with Crippen molar-refractivity contribution in [1.29, 1.82) is 0 Å². The molecule has 3 aromatic rings. The van der Waals surface area contributed by atoms with Gasteiger partial charge < -0.3 is 19.6 Å². The number of hydrogen-bond donors (Lipinski definition) is 3. The van der Waals surface area contributed by atoms with Gasteiger partial charge in [0.1, 0.15) is 17.3 Å². The number of benzene rings is 2. The van der Waals surface area contributed by atoms with E-state index in [1.54, 1.807) is 54.8 Å². The number of furan rings is 1. The standard InChI is InChI=1S/C21H19N3O5/c25-19-6-2-1-5-18(19)21(27)24-23-12-15-7-9-16(10-8-15)29-14-20(26)22-13-17-4-3-11-28-17/h1-12,25H,13-14H2,(H,22,26)(H,24,27). The Morgan fingerprint density at radius 1 is 1.07 bits per heavy atom. The highest BCUT2D eigenvalue weighted by Gasteiger charge is 2.08. The summed E-state index contributed by atoms with van der Waals surface area (Å²) in [4.78, 5) is 23.7. The van der Waals surface area contributed by atoms with E-state index in [1.165, 1.54) is 18.3 Å². The van der Waals surface area contributed by atoms with Crippen LogP contribution in [0, 0.1) is 0 Å². The van der Waals surface area contributed by atoms with Gasteiger partial charge in [0.25, 0.3) is 11.8 Å². The van der Waals surface area contributed by atoms with Gasteiger partial charge in [0.05, 0.1) is 24.6 Å². The number of hydrogen-bond acceptors (Lipinski definition) is 6. The third kappa shape index (κ3) is 5.96. The molecule has 0 atom stereocenters. The Bertz CT molecular complexity index is 982. The van der Waals surface area contributed by atoms with E-state index < -0.39 is 5.91 Å². The molecule has 1 heterocycles. The second-order valence-corrected chi connectivity index (χ2v) is 5.93. The van der Waals surface area contributed by atoms with E-state index in [9.17, 15) is 14.7 Å². The molecule has 0 saturated heterocycles. The molecule has 3 N–H and O–H groups in total. The van der Waals surface area contributed by atoms with Gasteiger partial charge in [-0.25, -0.2) is 5.43 Å². The lowest BCUT2D eigenvalue weighted by Crippen LogP contribution is -2.28. The lowest BCUT2D eigenvalue weighted by atomic mass is 10.2. The maximum absolute atomic E-state index is 11.9. The van der Waals surface area contributed by atoms with Crippen LogP contribution in [0.5, 0.6) is 11.5 Å². The molecular weight excluding hydrogens is 374 g/mol. The lowest BCUT2D eigenvalue weighted by Gasteiger charge is -2.07. The number of phenols is 1. The smallest absolute Gasteiger partial charge is 0.275 e. The Kier molecular flexibility index (Phi) is 6.62. The minimum Gasteiger partial charge on any atom is -0.507 e. The average molecular weight is 393 g/mol. The van der Waals surface area contributed by atoms with Crippen LogP contribution in [0.15, 0.2) is 76.4 Å². The monoisotopic (exact) mass is 393 g/mol. The van der Waals surface area contributed by atoms with Crippen molar-refractivity contribution in [3.05, 3.63) is 83.8 Å². The van der Waals surface area contributed by atoms with Gasteiger partial charge in [-0.15, -0.1) is 0 Å². The van der Waals surface area contributed by atoms with E-state index in [1.807, 2.05) is 0 Å². The zero-order chi connectivity index (χ0) is 20.5. The first kappa shape index (κ1) is 19.7. The zero-order valence-corrected chi connectivity index (χ0v) is 15.4. The topological polar surface area (TPSA) is 113 Å². The number of nitrogens with one attached hydrogen (secondary N) is 2. The summed E-state index contributed by atoms with van der Waals surface area (Å²) in [7, 11) is 0. The largest absolute Gasteiger partial charge is 0.507 e. The first-order valence-electron chi connectivity index (χ1n) is 8.75. The van der Waals surface area contributed by atoms with Crippen molar-refractivity contribution in [2.45, 2.75) is 6.54 Å². The Morgan fingerprint density at radius 2 is 1.86 bits per heavy atom. The van der Waals surface area contributed by atoms with Gasteiger partial charge in [-0.1, -0.05) is 12.1 Å². The van der Waals surface area contributed by atoms with E-state index in [4.69, 9.17) is 9.15 Å². The van der Waals surface area contributed by atoms with Gasteiger partial charge in [-0.05, 0) is 54.1 Å². The first-order valence-corrected chi connectivity index (χ1v) is 8.75. The summed E-state index contributed by atoms with van der Waals surface area (Å²) in [5.74, 6) is 0.291.